The van der Waals surface area contributed by atoms with E-state index in [1.54, 1.807) is 0 Å². The second-order valence-corrected chi connectivity index (χ2v) is 5.80. The van der Waals surface area contributed by atoms with E-state index in [1.165, 1.54) is 43.4 Å². The summed E-state index contributed by atoms with van der Waals surface area (Å²) >= 11 is 1.83. The van der Waals surface area contributed by atoms with Gasteiger partial charge in [0.25, 0.3) is 0 Å². The second-order valence-electron chi connectivity index (χ2n) is 4.77. The minimum Gasteiger partial charge on any atom is -0.327 e. The quantitative estimate of drug-likeness (QED) is 0.811. The van der Waals surface area contributed by atoms with E-state index in [0.717, 1.165) is 12.3 Å². The summed E-state index contributed by atoms with van der Waals surface area (Å²) in [7, 11) is 0. The van der Waals surface area contributed by atoms with Crippen molar-refractivity contribution in [2.75, 3.05) is 0 Å². The molecule has 84 valence electrons. The minimum atomic E-state index is 0.379. The van der Waals surface area contributed by atoms with Crippen LogP contribution in [0.3, 0.4) is 0 Å². The van der Waals surface area contributed by atoms with Crippen molar-refractivity contribution in [3.63, 3.8) is 0 Å². The fourth-order valence-corrected chi connectivity index (χ4v) is 3.34. The van der Waals surface area contributed by atoms with Crippen molar-refractivity contribution >= 4 is 11.3 Å². The van der Waals surface area contributed by atoms with Crippen LogP contribution in [0.1, 0.15) is 43.4 Å². The number of thiophene rings is 1. The van der Waals surface area contributed by atoms with E-state index in [4.69, 9.17) is 5.73 Å². The Kier molecular flexibility index (Phi) is 4.21. The highest BCUT2D eigenvalue weighted by molar-refractivity contribution is 7.09. The molecular weight excluding hydrogens is 202 g/mol. The summed E-state index contributed by atoms with van der Waals surface area (Å²) in [5, 5.41) is 2.14. The molecule has 0 bridgehead atoms. The average Bonchev–Trinajstić information content (AvgIpc) is 2.86. The molecule has 2 rings (SSSR count). The van der Waals surface area contributed by atoms with Gasteiger partial charge >= 0.3 is 0 Å². The van der Waals surface area contributed by atoms with Gasteiger partial charge < -0.3 is 5.73 Å². The summed E-state index contributed by atoms with van der Waals surface area (Å²) in [6.45, 7) is 0. The summed E-state index contributed by atoms with van der Waals surface area (Å²) in [5.41, 5.74) is 6.15. The van der Waals surface area contributed by atoms with Gasteiger partial charge in [-0.15, -0.1) is 11.3 Å². The molecule has 0 saturated heterocycles. The Hall–Kier alpha value is -0.340. The molecule has 0 spiro atoms. The van der Waals surface area contributed by atoms with E-state index in [0.29, 0.717) is 6.04 Å². The van der Waals surface area contributed by atoms with Crippen LogP contribution in [-0.4, -0.2) is 6.04 Å². The van der Waals surface area contributed by atoms with Crippen LogP contribution in [0.5, 0.6) is 0 Å². The predicted molar refractivity (Wildman–Crippen MR) is 67.2 cm³/mol. The lowest BCUT2D eigenvalue weighted by molar-refractivity contribution is 0.448. The topological polar surface area (TPSA) is 26.0 Å². The molecule has 0 aromatic carbocycles. The maximum absolute atomic E-state index is 6.15. The lowest BCUT2D eigenvalue weighted by atomic mass is 9.97. The molecule has 1 nitrogen and oxygen atoms in total. The predicted octanol–water partition coefficient (Wildman–Crippen LogP) is 3.59. The molecule has 0 aliphatic heterocycles. The largest absolute Gasteiger partial charge is 0.327 e. The molecule has 0 amide bonds. The van der Waals surface area contributed by atoms with Gasteiger partial charge in [0.15, 0.2) is 0 Å². The van der Waals surface area contributed by atoms with Crippen molar-refractivity contribution in [1.82, 2.24) is 0 Å². The molecule has 1 aromatic rings. The van der Waals surface area contributed by atoms with E-state index >= 15 is 0 Å². The molecule has 1 saturated carbocycles. The molecule has 1 aromatic heterocycles. The van der Waals surface area contributed by atoms with Crippen molar-refractivity contribution < 1.29 is 0 Å². The number of hydrogen-bond donors (Lipinski definition) is 1. The minimum absolute atomic E-state index is 0.379. The average molecular weight is 223 g/mol. The fraction of sp³-hybridized carbons (Fsp3) is 0.692. The maximum Gasteiger partial charge on any atom is 0.00872 e. The third-order valence-corrected chi connectivity index (χ3v) is 4.36. The lowest BCUT2D eigenvalue weighted by Gasteiger charge is -2.13. The molecule has 1 unspecified atom stereocenters. The Morgan fingerprint density at radius 1 is 1.40 bits per heavy atom. The van der Waals surface area contributed by atoms with Gasteiger partial charge in [-0.2, -0.15) is 0 Å². The summed E-state index contributed by atoms with van der Waals surface area (Å²) in [6, 6.07) is 4.69. The number of nitrogens with two attached hydrogens (primary N) is 1. The van der Waals surface area contributed by atoms with Crippen molar-refractivity contribution in [3.05, 3.63) is 22.4 Å². The maximum atomic E-state index is 6.15. The summed E-state index contributed by atoms with van der Waals surface area (Å²) in [5.74, 6) is 0.986. The van der Waals surface area contributed by atoms with Crippen LogP contribution in [0, 0.1) is 5.92 Å². The van der Waals surface area contributed by atoms with Gasteiger partial charge in [0, 0.05) is 10.9 Å². The van der Waals surface area contributed by atoms with Gasteiger partial charge in [0.1, 0.15) is 0 Å². The zero-order valence-corrected chi connectivity index (χ0v) is 10.1. The van der Waals surface area contributed by atoms with E-state index in [9.17, 15) is 0 Å². The highest BCUT2D eigenvalue weighted by Gasteiger charge is 2.16. The van der Waals surface area contributed by atoms with E-state index in [-0.39, 0.29) is 0 Å². The third-order valence-electron chi connectivity index (χ3n) is 3.46. The smallest absolute Gasteiger partial charge is 0.00872 e. The number of hydrogen-bond acceptors (Lipinski definition) is 2. The summed E-state index contributed by atoms with van der Waals surface area (Å²) in [4.78, 5) is 1.44. The van der Waals surface area contributed by atoms with Crippen LogP contribution in [0.15, 0.2) is 17.5 Å². The Morgan fingerprint density at radius 2 is 2.20 bits per heavy atom. The molecule has 0 radical (unpaired) electrons. The molecule has 1 aliphatic rings. The first kappa shape index (κ1) is 11.2. The standard InChI is InChI=1S/C13H21NS/c14-12(10-13-6-3-9-15-13)8-7-11-4-1-2-5-11/h3,6,9,11-12H,1-2,4-5,7-8,10,14H2. The first-order valence-corrected chi connectivity index (χ1v) is 7.00. The molecule has 2 N–H and O–H groups in total. The van der Waals surface area contributed by atoms with Crippen LogP contribution < -0.4 is 5.73 Å². The zero-order valence-electron chi connectivity index (χ0n) is 9.32. The zero-order chi connectivity index (χ0) is 10.5. The van der Waals surface area contributed by atoms with Crippen LogP contribution in [-0.2, 0) is 6.42 Å². The summed E-state index contributed by atoms with van der Waals surface area (Å²) in [6.07, 6.45) is 9.44. The monoisotopic (exact) mass is 223 g/mol. The van der Waals surface area contributed by atoms with E-state index in [2.05, 4.69) is 17.5 Å². The van der Waals surface area contributed by atoms with Crippen molar-refractivity contribution in [3.8, 4) is 0 Å². The molecule has 2 heteroatoms. The molecule has 15 heavy (non-hydrogen) atoms. The van der Waals surface area contributed by atoms with Gasteiger partial charge in [0.2, 0.25) is 0 Å². The summed E-state index contributed by atoms with van der Waals surface area (Å²) < 4.78 is 0. The van der Waals surface area contributed by atoms with Gasteiger partial charge in [-0.1, -0.05) is 31.7 Å². The van der Waals surface area contributed by atoms with Crippen LogP contribution in [0.2, 0.25) is 0 Å². The Bertz CT molecular complexity index is 262. The first-order chi connectivity index (χ1) is 7.34. The third kappa shape index (κ3) is 3.62. The van der Waals surface area contributed by atoms with Crippen LogP contribution >= 0.6 is 11.3 Å². The Labute approximate surface area is 96.7 Å². The van der Waals surface area contributed by atoms with Gasteiger partial charge in [-0.05, 0) is 36.6 Å². The second kappa shape index (κ2) is 5.66. The fourth-order valence-electron chi connectivity index (χ4n) is 2.54. The van der Waals surface area contributed by atoms with Crippen molar-refractivity contribution in [2.45, 2.75) is 51.0 Å². The van der Waals surface area contributed by atoms with E-state index in [1.807, 2.05) is 11.3 Å². The molecule has 1 aliphatic carbocycles. The van der Waals surface area contributed by atoms with E-state index < -0.39 is 0 Å². The van der Waals surface area contributed by atoms with Crippen LogP contribution in [0.25, 0.3) is 0 Å². The first-order valence-electron chi connectivity index (χ1n) is 6.12. The highest BCUT2D eigenvalue weighted by atomic mass is 32.1. The molecule has 1 atom stereocenters. The molecular formula is C13H21NS. The highest BCUT2D eigenvalue weighted by Crippen LogP contribution is 2.29. The SMILES string of the molecule is NC(CCC1CCCC1)Cc1cccs1. The normalized spacial score (nSPS) is 19.5. The van der Waals surface area contributed by atoms with Crippen molar-refractivity contribution in [1.29, 1.82) is 0 Å². The van der Waals surface area contributed by atoms with Crippen molar-refractivity contribution in [2.24, 2.45) is 11.7 Å². The van der Waals surface area contributed by atoms with Gasteiger partial charge in [-0.25, -0.2) is 0 Å². The lowest BCUT2D eigenvalue weighted by Crippen LogP contribution is -2.23. The Balaban J connectivity index is 1.66. The molecule has 1 fully saturated rings. The van der Waals surface area contributed by atoms with Crippen LogP contribution in [0.4, 0.5) is 0 Å². The Morgan fingerprint density at radius 3 is 2.87 bits per heavy atom. The number of rotatable bonds is 5. The molecule has 1 heterocycles. The van der Waals surface area contributed by atoms with Gasteiger partial charge in [0.05, 0.1) is 0 Å². The van der Waals surface area contributed by atoms with Gasteiger partial charge in [-0.3, -0.25) is 0 Å².